The van der Waals surface area contributed by atoms with E-state index in [4.69, 9.17) is 17.3 Å². The minimum Gasteiger partial charge on any atom is -0.384 e. The quantitative estimate of drug-likeness (QED) is 0.361. The molecule has 1 aliphatic rings. The van der Waals surface area contributed by atoms with Crippen LogP contribution in [-0.4, -0.2) is 33.3 Å². The normalized spacial score (nSPS) is 16.3. The Kier molecular flexibility index (Phi) is 7.24. The second-order valence-electron chi connectivity index (χ2n) is 8.19. The third-order valence-electron chi connectivity index (χ3n) is 5.84. The fourth-order valence-electron chi connectivity index (χ4n) is 4.02. The van der Waals surface area contributed by atoms with E-state index < -0.39 is 10.8 Å². The highest BCUT2D eigenvalue weighted by atomic mass is 35.5. The van der Waals surface area contributed by atoms with Crippen LogP contribution in [0.5, 0.6) is 0 Å². The number of benzene rings is 1. The third kappa shape index (κ3) is 4.78. The summed E-state index contributed by atoms with van der Waals surface area (Å²) in [6.07, 6.45) is 1.64. The van der Waals surface area contributed by atoms with Crippen LogP contribution >= 0.6 is 11.6 Å². The van der Waals surface area contributed by atoms with Crippen LogP contribution in [0, 0.1) is 21.4 Å². The minimum absolute atomic E-state index is 0.0793. The van der Waals surface area contributed by atoms with E-state index in [0.29, 0.717) is 35.5 Å². The molecule has 3 rings (SSSR count). The van der Waals surface area contributed by atoms with Gasteiger partial charge in [0.1, 0.15) is 16.9 Å². The molecule has 2 heterocycles. The first kappa shape index (κ1) is 24.1. The van der Waals surface area contributed by atoms with Crippen LogP contribution in [0.15, 0.2) is 65.5 Å². The highest BCUT2D eigenvalue weighted by molar-refractivity contribution is 6.29. The molecule has 0 radical (unpaired) electrons. The van der Waals surface area contributed by atoms with Crippen molar-refractivity contribution in [3.05, 3.63) is 97.5 Å². The highest BCUT2D eigenvalue weighted by Crippen LogP contribution is 2.41. The summed E-state index contributed by atoms with van der Waals surface area (Å²) in [7, 11) is 1.65. The lowest BCUT2D eigenvalue weighted by molar-refractivity contribution is -0.433. The molecule has 1 aliphatic heterocycles. The molecule has 0 saturated heterocycles. The van der Waals surface area contributed by atoms with Crippen molar-refractivity contribution in [2.75, 3.05) is 13.6 Å². The Hall–Kier alpha value is -3.57. The largest absolute Gasteiger partial charge is 0.384 e. The van der Waals surface area contributed by atoms with Crippen molar-refractivity contribution in [3.8, 4) is 6.07 Å². The molecule has 2 aromatic rings. The van der Waals surface area contributed by atoms with Crippen molar-refractivity contribution in [1.29, 1.82) is 5.26 Å². The van der Waals surface area contributed by atoms with Gasteiger partial charge >= 0.3 is 0 Å². The average molecular weight is 467 g/mol. The zero-order chi connectivity index (χ0) is 24.3. The van der Waals surface area contributed by atoms with E-state index in [1.54, 1.807) is 19.3 Å². The van der Waals surface area contributed by atoms with Crippen LogP contribution < -0.4 is 5.73 Å². The lowest BCUT2D eigenvalue weighted by atomic mass is 9.85. The first-order valence-electron chi connectivity index (χ1n) is 10.7. The second kappa shape index (κ2) is 9.92. The Balaban J connectivity index is 2.17. The van der Waals surface area contributed by atoms with Gasteiger partial charge in [-0.25, -0.2) is 4.98 Å². The Morgan fingerprint density at radius 1 is 1.30 bits per heavy atom. The van der Waals surface area contributed by atoms with Crippen molar-refractivity contribution in [1.82, 2.24) is 14.8 Å². The van der Waals surface area contributed by atoms with E-state index in [1.807, 2.05) is 42.2 Å². The van der Waals surface area contributed by atoms with Gasteiger partial charge in [-0.1, -0.05) is 55.8 Å². The van der Waals surface area contributed by atoms with Gasteiger partial charge in [0.05, 0.1) is 16.6 Å². The van der Waals surface area contributed by atoms with Crippen LogP contribution in [0.1, 0.15) is 49.3 Å². The van der Waals surface area contributed by atoms with Gasteiger partial charge in [-0.15, -0.1) is 0 Å². The lowest BCUT2D eigenvalue weighted by Gasteiger charge is -2.37. The van der Waals surface area contributed by atoms with Crippen LogP contribution in [0.25, 0.3) is 0 Å². The van der Waals surface area contributed by atoms with E-state index >= 15 is 0 Å². The first-order chi connectivity index (χ1) is 15.7. The maximum atomic E-state index is 12.4. The van der Waals surface area contributed by atoms with E-state index in [9.17, 15) is 15.4 Å². The molecule has 1 unspecified atom stereocenters. The van der Waals surface area contributed by atoms with Crippen molar-refractivity contribution >= 4 is 11.6 Å². The standard InChI is InChI=1S/C24H27ClN6O2/c1-5-30(14-16-6-11-20(25)28-13-16)24-22(31(32)33)21(19(12-26)23(27)29(24)4)18-9-7-17(8-10-18)15(2)3/h6-11,13,15,21H,5,14,27H2,1-4H3. The molecule has 0 bridgehead atoms. The maximum absolute atomic E-state index is 12.4. The first-order valence-corrected chi connectivity index (χ1v) is 11.0. The third-order valence-corrected chi connectivity index (χ3v) is 6.07. The Bertz CT molecular complexity index is 1130. The molecule has 9 heteroatoms. The zero-order valence-electron chi connectivity index (χ0n) is 19.1. The number of nitro groups is 1. The number of nitrogens with two attached hydrogens (primary N) is 1. The molecule has 8 nitrogen and oxygen atoms in total. The predicted octanol–water partition coefficient (Wildman–Crippen LogP) is 4.55. The number of hydrogen-bond acceptors (Lipinski definition) is 7. The van der Waals surface area contributed by atoms with Crippen LogP contribution in [-0.2, 0) is 6.54 Å². The van der Waals surface area contributed by atoms with Gasteiger partial charge in [0.25, 0.3) is 5.70 Å². The van der Waals surface area contributed by atoms with Gasteiger partial charge in [0.2, 0.25) is 0 Å². The SMILES string of the molecule is CCN(Cc1ccc(Cl)nc1)C1=C([N+](=O)[O-])C(c2ccc(C(C)C)cc2)C(C#N)=C(N)N1C. The molecule has 172 valence electrons. The van der Waals surface area contributed by atoms with Crippen molar-refractivity contribution < 1.29 is 4.92 Å². The van der Waals surface area contributed by atoms with Gasteiger partial charge in [0, 0.05) is 26.3 Å². The number of rotatable bonds is 7. The van der Waals surface area contributed by atoms with Crippen LogP contribution in [0.4, 0.5) is 0 Å². The number of nitriles is 1. The van der Waals surface area contributed by atoms with E-state index in [-0.39, 0.29) is 17.1 Å². The highest BCUT2D eigenvalue weighted by Gasteiger charge is 2.43. The number of nitrogens with zero attached hydrogens (tertiary/aromatic N) is 5. The predicted molar refractivity (Wildman–Crippen MR) is 127 cm³/mol. The lowest BCUT2D eigenvalue weighted by Crippen LogP contribution is -2.42. The van der Waals surface area contributed by atoms with Gasteiger partial charge in [-0.2, -0.15) is 5.26 Å². The van der Waals surface area contributed by atoms with Crippen molar-refractivity contribution in [2.24, 2.45) is 5.73 Å². The van der Waals surface area contributed by atoms with Crippen molar-refractivity contribution in [3.63, 3.8) is 0 Å². The summed E-state index contributed by atoms with van der Waals surface area (Å²) >= 11 is 5.90. The Labute approximate surface area is 198 Å². The Morgan fingerprint density at radius 3 is 2.45 bits per heavy atom. The molecule has 33 heavy (non-hydrogen) atoms. The van der Waals surface area contributed by atoms with E-state index in [0.717, 1.165) is 11.1 Å². The number of pyridine rings is 1. The summed E-state index contributed by atoms with van der Waals surface area (Å²) < 4.78 is 0. The molecule has 0 saturated carbocycles. The fraction of sp³-hybridized carbons (Fsp3) is 0.333. The average Bonchev–Trinajstić information content (AvgIpc) is 2.80. The summed E-state index contributed by atoms with van der Waals surface area (Å²) in [5.74, 6) is -0.0114. The van der Waals surface area contributed by atoms with E-state index in [1.165, 1.54) is 4.90 Å². The summed E-state index contributed by atoms with van der Waals surface area (Å²) in [6, 6.07) is 13.2. The maximum Gasteiger partial charge on any atom is 0.299 e. The summed E-state index contributed by atoms with van der Waals surface area (Å²) in [6.45, 7) is 6.91. The summed E-state index contributed by atoms with van der Waals surface area (Å²) in [4.78, 5) is 19.5. The molecule has 0 amide bonds. The molecule has 0 aliphatic carbocycles. The molecular weight excluding hydrogens is 440 g/mol. The monoisotopic (exact) mass is 466 g/mol. The molecule has 2 N–H and O–H groups in total. The van der Waals surface area contributed by atoms with Crippen LogP contribution in [0.3, 0.4) is 0 Å². The molecule has 1 aromatic carbocycles. The Morgan fingerprint density at radius 2 is 1.97 bits per heavy atom. The fourth-order valence-corrected chi connectivity index (χ4v) is 4.13. The number of hydrogen-bond donors (Lipinski definition) is 1. The van der Waals surface area contributed by atoms with Crippen molar-refractivity contribution in [2.45, 2.75) is 39.2 Å². The molecular formula is C24H27ClN6O2. The van der Waals surface area contributed by atoms with Crippen LogP contribution in [0.2, 0.25) is 5.15 Å². The van der Waals surface area contributed by atoms with Gasteiger partial charge in [-0.05, 0) is 35.6 Å². The zero-order valence-corrected chi connectivity index (χ0v) is 19.9. The summed E-state index contributed by atoms with van der Waals surface area (Å²) in [5.41, 5.74) is 9.06. The topological polar surface area (TPSA) is 112 Å². The molecule has 0 spiro atoms. The van der Waals surface area contributed by atoms with Gasteiger partial charge < -0.3 is 15.5 Å². The smallest absolute Gasteiger partial charge is 0.299 e. The molecule has 0 fully saturated rings. The number of aromatic nitrogens is 1. The van der Waals surface area contributed by atoms with Gasteiger partial charge in [-0.3, -0.25) is 10.1 Å². The molecule has 1 atom stereocenters. The number of halogens is 1. The van der Waals surface area contributed by atoms with Gasteiger partial charge in [0.15, 0.2) is 5.82 Å². The van der Waals surface area contributed by atoms with E-state index in [2.05, 4.69) is 24.9 Å². The summed E-state index contributed by atoms with van der Waals surface area (Å²) in [5, 5.41) is 22.7. The molecule has 1 aromatic heterocycles. The number of allylic oxidation sites excluding steroid dienone is 1. The second-order valence-corrected chi connectivity index (χ2v) is 8.58. The minimum atomic E-state index is -0.880.